The van der Waals surface area contributed by atoms with E-state index < -0.39 is 5.97 Å². The first kappa shape index (κ1) is 13.5. The molecular formula is C12H20N2O3. The number of rotatable bonds is 3. The zero-order valence-corrected chi connectivity index (χ0v) is 10.4. The first-order valence-electron chi connectivity index (χ1n) is 5.83. The molecule has 2 unspecified atom stereocenters. The minimum Gasteiger partial charge on any atom is -0.481 e. The SMILES string of the molecule is C=C(C)CNC(=O)N1CCC(C(=O)O)CC1C. The van der Waals surface area contributed by atoms with E-state index in [1.54, 1.807) is 4.90 Å². The summed E-state index contributed by atoms with van der Waals surface area (Å²) < 4.78 is 0. The van der Waals surface area contributed by atoms with Crippen LogP contribution in [0.2, 0.25) is 0 Å². The van der Waals surface area contributed by atoms with E-state index in [0.29, 0.717) is 25.9 Å². The molecule has 0 spiro atoms. The van der Waals surface area contributed by atoms with Crippen molar-refractivity contribution in [3.05, 3.63) is 12.2 Å². The van der Waals surface area contributed by atoms with Crippen molar-refractivity contribution in [1.29, 1.82) is 0 Å². The minimum absolute atomic E-state index is 0.0324. The van der Waals surface area contributed by atoms with Crippen LogP contribution in [0.4, 0.5) is 4.79 Å². The van der Waals surface area contributed by atoms with Gasteiger partial charge in [-0.3, -0.25) is 4.79 Å². The quantitative estimate of drug-likeness (QED) is 0.734. The van der Waals surface area contributed by atoms with E-state index >= 15 is 0 Å². The largest absolute Gasteiger partial charge is 0.481 e. The lowest BCUT2D eigenvalue weighted by atomic mass is 9.92. The number of likely N-dealkylation sites (tertiary alicyclic amines) is 1. The maximum absolute atomic E-state index is 11.8. The van der Waals surface area contributed by atoms with E-state index in [1.807, 2.05) is 13.8 Å². The Kier molecular flexibility index (Phi) is 4.54. The summed E-state index contributed by atoms with van der Waals surface area (Å²) in [6.45, 7) is 8.41. The zero-order chi connectivity index (χ0) is 13.0. The highest BCUT2D eigenvalue weighted by Crippen LogP contribution is 2.22. The van der Waals surface area contributed by atoms with Gasteiger partial charge in [-0.15, -0.1) is 0 Å². The normalized spacial score (nSPS) is 24.2. The molecule has 0 aromatic carbocycles. The number of nitrogens with one attached hydrogen (secondary N) is 1. The van der Waals surface area contributed by atoms with E-state index in [2.05, 4.69) is 11.9 Å². The van der Waals surface area contributed by atoms with Crippen molar-refractivity contribution in [3.8, 4) is 0 Å². The number of carboxylic acid groups (broad SMARTS) is 1. The molecule has 1 heterocycles. The Morgan fingerprint density at radius 1 is 1.53 bits per heavy atom. The summed E-state index contributed by atoms with van der Waals surface area (Å²) >= 11 is 0. The number of carboxylic acids is 1. The Hall–Kier alpha value is -1.52. The van der Waals surface area contributed by atoms with Gasteiger partial charge in [0.15, 0.2) is 0 Å². The molecule has 5 heteroatoms. The van der Waals surface area contributed by atoms with Crippen LogP contribution >= 0.6 is 0 Å². The molecule has 96 valence electrons. The fourth-order valence-electron chi connectivity index (χ4n) is 2.03. The summed E-state index contributed by atoms with van der Waals surface area (Å²) in [6.07, 6.45) is 1.05. The highest BCUT2D eigenvalue weighted by molar-refractivity contribution is 5.76. The van der Waals surface area contributed by atoms with Gasteiger partial charge in [-0.25, -0.2) is 4.79 Å². The number of urea groups is 1. The predicted molar refractivity (Wildman–Crippen MR) is 64.7 cm³/mol. The number of piperidine rings is 1. The molecule has 2 atom stereocenters. The van der Waals surface area contributed by atoms with E-state index in [4.69, 9.17) is 5.11 Å². The Bertz CT molecular complexity index is 328. The molecule has 0 aromatic heterocycles. The van der Waals surface area contributed by atoms with Gasteiger partial charge in [-0.1, -0.05) is 12.2 Å². The number of amides is 2. The highest BCUT2D eigenvalue weighted by Gasteiger charge is 2.31. The van der Waals surface area contributed by atoms with Gasteiger partial charge in [0, 0.05) is 19.1 Å². The monoisotopic (exact) mass is 240 g/mol. The number of hydrogen-bond donors (Lipinski definition) is 2. The molecule has 2 amide bonds. The molecular weight excluding hydrogens is 220 g/mol. The molecule has 2 N–H and O–H groups in total. The summed E-state index contributed by atoms with van der Waals surface area (Å²) in [5, 5.41) is 11.7. The topological polar surface area (TPSA) is 69.6 Å². The molecule has 0 radical (unpaired) electrons. The Labute approximate surface area is 101 Å². The zero-order valence-electron chi connectivity index (χ0n) is 10.4. The van der Waals surface area contributed by atoms with Gasteiger partial charge in [-0.05, 0) is 26.7 Å². The molecule has 0 aromatic rings. The van der Waals surface area contributed by atoms with Gasteiger partial charge in [0.05, 0.1) is 5.92 Å². The maximum atomic E-state index is 11.8. The average molecular weight is 240 g/mol. The summed E-state index contributed by atoms with van der Waals surface area (Å²) in [5.41, 5.74) is 0.895. The number of aliphatic carboxylic acids is 1. The highest BCUT2D eigenvalue weighted by atomic mass is 16.4. The van der Waals surface area contributed by atoms with Gasteiger partial charge in [0.25, 0.3) is 0 Å². The molecule has 0 saturated carbocycles. The van der Waals surface area contributed by atoms with Gasteiger partial charge in [-0.2, -0.15) is 0 Å². The standard InChI is InChI=1S/C12H20N2O3/c1-8(2)7-13-12(17)14-5-4-10(11(15)16)6-9(14)3/h9-10H,1,4-7H2,2-3H3,(H,13,17)(H,15,16). The summed E-state index contributed by atoms with van der Waals surface area (Å²) in [4.78, 5) is 24.4. The Balaban J connectivity index is 2.48. The van der Waals surface area contributed by atoms with Crippen molar-refractivity contribution in [2.24, 2.45) is 5.92 Å². The van der Waals surface area contributed by atoms with E-state index in [9.17, 15) is 9.59 Å². The van der Waals surface area contributed by atoms with Crippen LogP contribution in [0.25, 0.3) is 0 Å². The lowest BCUT2D eigenvalue weighted by Gasteiger charge is -2.36. The third kappa shape index (κ3) is 3.76. The minimum atomic E-state index is -0.765. The van der Waals surface area contributed by atoms with Gasteiger partial charge < -0.3 is 15.3 Å². The molecule has 5 nitrogen and oxygen atoms in total. The molecule has 0 bridgehead atoms. The van der Waals surface area contributed by atoms with Crippen LogP contribution in [-0.4, -0.2) is 41.1 Å². The average Bonchev–Trinajstić information content (AvgIpc) is 2.25. The second kappa shape index (κ2) is 5.70. The molecule has 1 fully saturated rings. The van der Waals surface area contributed by atoms with Crippen LogP contribution in [0.1, 0.15) is 26.7 Å². The van der Waals surface area contributed by atoms with Crippen LogP contribution in [0.3, 0.4) is 0 Å². The number of carbonyl (C=O) groups is 2. The molecule has 1 rings (SSSR count). The van der Waals surface area contributed by atoms with E-state index in [-0.39, 0.29) is 18.0 Å². The smallest absolute Gasteiger partial charge is 0.317 e. The third-order valence-electron chi connectivity index (χ3n) is 3.03. The van der Waals surface area contributed by atoms with Crippen molar-refractivity contribution in [3.63, 3.8) is 0 Å². The van der Waals surface area contributed by atoms with Gasteiger partial charge in [0.2, 0.25) is 0 Å². The van der Waals surface area contributed by atoms with Crippen LogP contribution in [0.5, 0.6) is 0 Å². The fraction of sp³-hybridized carbons (Fsp3) is 0.667. The second-order valence-electron chi connectivity index (χ2n) is 4.72. The van der Waals surface area contributed by atoms with Crippen molar-refractivity contribution < 1.29 is 14.7 Å². The van der Waals surface area contributed by atoms with Gasteiger partial charge in [0.1, 0.15) is 0 Å². The molecule has 0 aliphatic carbocycles. The summed E-state index contributed by atoms with van der Waals surface area (Å²) in [5.74, 6) is -1.09. The summed E-state index contributed by atoms with van der Waals surface area (Å²) in [6, 6.07) is -0.167. The lowest BCUT2D eigenvalue weighted by molar-refractivity contribution is -0.143. The van der Waals surface area contributed by atoms with Crippen molar-refractivity contribution in [2.45, 2.75) is 32.7 Å². The second-order valence-corrected chi connectivity index (χ2v) is 4.72. The van der Waals surface area contributed by atoms with Crippen LogP contribution in [-0.2, 0) is 4.79 Å². The number of hydrogen-bond acceptors (Lipinski definition) is 2. The van der Waals surface area contributed by atoms with Crippen LogP contribution in [0, 0.1) is 5.92 Å². The van der Waals surface area contributed by atoms with Crippen molar-refractivity contribution >= 4 is 12.0 Å². The van der Waals surface area contributed by atoms with Crippen LogP contribution in [0.15, 0.2) is 12.2 Å². The number of nitrogens with zero attached hydrogens (tertiary/aromatic N) is 1. The molecule has 1 aliphatic rings. The van der Waals surface area contributed by atoms with E-state index in [0.717, 1.165) is 5.57 Å². The van der Waals surface area contributed by atoms with Crippen molar-refractivity contribution in [2.75, 3.05) is 13.1 Å². The Morgan fingerprint density at radius 2 is 2.18 bits per heavy atom. The first-order chi connectivity index (χ1) is 7.91. The molecule has 17 heavy (non-hydrogen) atoms. The Morgan fingerprint density at radius 3 is 2.65 bits per heavy atom. The fourth-order valence-corrected chi connectivity index (χ4v) is 2.03. The molecule has 1 saturated heterocycles. The van der Waals surface area contributed by atoms with Crippen LogP contribution < -0.4 is 5.32 Å². The van der Waals surface area contributed by atoms with Crippen molar-refractivity contribution in [1.82, 2.24) is 10.2 Å². The molecule has 1 aliphatic heterocycles. The summed E-state index contributed by atoms with van der Waals surface area (Å²) in [7, 11) is 0. The number of carbonyl (C=O) groups excluding carboxylic acids is 1. The lowest BCUT2D eigenvalue weighted by Crippen LogP contribution is -2.50. The third-order valence-corrected chi connectivity index (χ3v) is 3.03. The first-order valence-corrected chi connectivity index (χ1v) is 5.83. The predicted octanol–water partition coefficient (Wildman–Crippen LogP) is 1.46. The van der Waals surface area contributed by atoms with Gasteiger partial charge >= 0.3 is 12.0 Å². The van der Waals surface area contributed by atoms with E-state index in [1.165, 1.54) is 0 Å². The maximum Gasteiger partial charge on any atom is 0.317 e.